The van der Waals surface area contributed by atoms with Crippen molar-refractivity contribution in [1.82, 2.24) is 0 Å². The van der Waals surface area contributed by atoms with Crippen molar-refractivity contribution in [1.29, 1.82) is 0 Å². The topological polar surface area (TPSA) is 114 Å². The highest BCUT2D eigenvalue weighted by molar-refractivity contribution is 5.89. The summed E-state index contributed by atoms with van der Waals surface area (Å²) in [5.74, 6) is -3.35. The Kier molecular flexibility index (Phi) is 5.96. The van der Waals surface area contributed by atoms with Crippen LogP contribution in [0.5, 0.6) is 17.2 Å². The number of carbonyl (C=O) groups is 2. The maximum Gasteiger partial charge on any atom is 0.453 e. The third-order valence-electron chi connectivity index (χ3n) is 4.55. The molecule has 9 heteroatoms. The van der Waals surface area contributed by atoms with Gasteiger partial charge in [0.15, 0.2) is 11.5 Å². The number of hydrogen-bond donors (Lipinski definition) is 0. The number of carbonyl (C=O) groups excluding carboxylic acids is 2. The molecular weight excluding hydrogens is 382 g/mol. The Bertz CT molecular complexity index is 925. The van der Waals surface area contributed by atoms with Gasteiger partial charge in [0.25, 0.3) is 0 Å². The molecule has 3 rings (SSSR count). The molecule has 9 nitrogen and oxygen atoms in total. The van der Waals surface area contributed by atoms with Crippen LogP contribution in [0.4, 0.5) is 0 Å². The molecule has 2 unspecified atom stereocenters. The van der Waals surface area contributed by atoms with Gasteiger partial charge in [-0.1, -0.05) is 18.2 Å². The van der Waals surface area contributed by atoms with E-state index in [0.29, 0.717) is 22.8 Å². The van der Waals surface area contributed by atoms with Gasteiger partial charge in [-0.2, -0.15) is 0 Å². The van der Waals surface area contributed by atoms with Gasteiger partial charge in [-0.05, 0) is 42.3 Å². The van der Waals surface area contributed by atoms with Gasteiger partial charge in [0.05, 0.1) is 13.7 Å². The van der Waals surface area contributed by atoms with Gasteiger partial charge >= 0.3 is 11.9 Å². The Morgan fingerprint density at radius 3 is 2.34 bits per heavy atom. The molecule has 0 aliphatic carbocycles. The molecule has 29 heavy (non-hydrogen) atoms. The first-order valence-electron chi connectivity index (χ1n) is 8.84. The van der Waals surface area contributed by atoms with Crippen molar-refractivity contribution in [3.8, 4) is 17.2 Å². The van der Waals surface area contributed by atoms with E-state index in [1.165, 1.54) is 19.2 Å². The van der Waals surface area contributed by atoms with Gasteiger partial charge in [-0.25, -0.2) is 4.79 Å². The Hall–Kier alpha value is -3.62. The lowest BCUT2D eigenvalue weighted by atomic mass is 9.80. The number of nitrogens with zero attached hydrogens (tertiary/aromatic N) is 1. The summed E-state index contributed by atoms with van der Waals surface area (Å²) in [6.45, 7) is 1.69. The molecule has 1 amide bonds. The fourth-order valence-corrected chi connectivity index (χ4v) is 3.21. The summed E-state index contributed by atoms with van der Waals surface area (Å²) in [6, 6.07) is 10.9. The summed E-state index contributed by atoms with van der Waals surface area (Å²) in [6.07, 6.45) is 0. The van der Waals surface area contributed by atoms with E-state index in [-0.39, 0.29) is 19.0 Å². The van der Waals surface area contributed by atoms with Crippen LogP contribution in [0.3, 0.4) is 0 Å². The number of fused-ring (bicyclic) bond motifs is 1. The maximum atomic E-state index is 12.8. The zero-order valence-corrected chi connectivity index (χ0v) is 15.8. The fraction of sp³-hybridized carbons (Fsp3) is 0.300. The van der Waals surface area contributed by atoms with E-state index in [9.17, 15) is 19.7 Å². The molecule has 152 valence electrons. The average Bonchev–Trinajstić information content (AvgIpc) is 3.19. The summed E-state index contributed by atoms with van der Waals surface area (Å²) in [7, 11) is 1.49. The number of ether oxygens (including phenoxy) is 4. The monoisotopic (exact) mass is 401 g/mol. The van der Waals surface area contributed by atoms with Gasteiger partial charge < -0.3 is 18.9 Å². The summed E-state index contributed by atoms with van der Waals surface area (Å²) in [4.78, 5) is 35.7. The first-order valence-corrected chi connectivity index (χ1v) is 8.84. The first kappa shape index (κ1) is 20.1. The molecule has 0 spiro atoms. The predicted molar refractivity (Wildman–Crippen MR) is 99.7 cm³/mol. The number of hydrogen-bond acceptors (Lipinski definition) is 8. The average molecular weight is 401 g/mol. The number of esters is 1. The molecular formula is C20H19NO8. The molecule has 0 bridgehead atoms. The highest BCUT2D eigenvalue weighted by atomic mass is 16.7. The first-order chi connectivity index (χ1) is 14.0. The van der Waals surface area contributed by atoms with Gasteiger partial charge in [-0.15, -0.1) is 0 Å². The Morgan fingerprint density at radius 1 is 1.07 bits per heavy atom. The number of methoxy groups -OCH3 is 1. The lowest BCUT2D eigenvalue weighted by Gasteiger charge is -2.22. The molecule has 0 fully saturated rings. The zero-order valence-electron chi connectivity index (χ0n) is 15.8. The van der Waals surface area contributed by atoms with E-state index in [4.69, 9.17) is 18.9 Å². The Balaban J connectivity index is 2.12. The van der Waals surface area contributed by atoms with E-state index >= 15 is 0 Å². The number of benzene rings is 2. The van der Waals surface area contributed by atoms with Gasteiger partial charge in [0, 0.05) is 0 Å². The van der Waals surface area contributed by atoms with Crippen LogP contribution >= 0.6 is 0 Å². The standard InChI is InChI=1S/C20H19NO8/c1-3-27-20(23)18(12-4-7-14(26-2)8-5-12)17(19(22)21(24)25)13-6-9-15-16(10-13)29-11-28-15/h4-10,17-18H,3,11H2,1-2H3. The van der Waals surface area contributed by atoms with Crippen LogP contribution < -0.4 is 14.2 Å². The molecule has 1 aliphatic rings. The second-order valence-corrected chi connectivity index (χ2v) is 6.19. The van der Waals surface area contributed by atoms with Crippen molar-refractivity contribution >= 4 is 11.9 Å². The number of rotatable bonds is 7. The van der Waals surface area contributed by atoms with E-state index in [1.807, 2.05) is 0 Å². The molecule has 0 aromatic heterocycles. The highest BCUT2D eigenvalue weighted by Crippen LogP contribution is 2.40. The molecule has 0 saturated heterocycles. The van der Waals surface area contributed by atoms with Crippen molar-refractivity contribution in [3.05, 3.63) is 63.7 Å². The molecule has 0 radical (unpaired) electrons. The lowest BCUT2D eigenvalue weighted by molar-refractivity contribution is -0.404. The maximum absolute atomic E-state index is 12.8. The van der Waals surface area contributed by atoms with Crippen LogP contribution in [-0.2, 0) is 14.3 Å². The minimum atomic E-state index is -1.41. The smallest absolute Gasteiger partial charge is 0.453 e. The summed E-state index contributed by atoms with van der Waals surface area (Å²) in [5.41, 5.74) is 0.645. The van der Waals surface area contributed by atoms with Crippen LogP contribution in [-0.4, -0.2) is 37.3 Å². The minimum Gasteiger partial charge on any atom is -0.497 e. The van der Waals surface area contributed by atoms with Crippen molar-refractivity contribution < 1.29 is 33.5 Å². The fourth-order valence-electron chi connectivity index (χ4n) is 3.21. The van der Waals surface area contributed by atoms with Crippen LogP contribution in [0.15, 0.2) is 42.5 Å². The SMILES string of the molecule is CCOC(=O)C(c1ccc(OC)cc1)C(C(=O)[N+](=O)[O-])c1ccc2c(c1)OCO2. The lowest BCUT2D eigenvalue weighted by Crippen LogP contribution is -2.32. The zero-order chi connectivity index (χ0) is 21.0. The Labute approximate surface area is 166 Å². The normalized spacial score (nSPS) is 14.0. The van der Waals surface area contributed by atoms with Crippen LogP contribution in [0.2, 0.25) is 0 Å². The van der Waals surface area contributed by atoms with E-state index < -0.39 is 28.6 Å². The molecule has 0 saturated carbocycles. The van der Waals surface area contributed by atoms with Gasteiger partial charge in [0.1, 0.15) is 22.5 Å². The third-order valence-corrected chi connectivity index (χ3v) is 4.55. The molecule has 0 N–H and O–H groups in total. The summed E-state index contributed by atoms with van der Waals surface area (Å²) >= 11 is 0. The quantitative estimate of drug-likeness (QED) is 0.395. The number of amides is 1. The molecule has 1 aliphatic heterocycles. The summed E-state index contributed by atoms with van der Waals surface area (Å²) < 4.78 is 20.8. The van der Waals surface area contributed by atoms with E-state index in [2.05, 4.69) is 0 Å². The van der Waals surface area contributed by atoms with Crippen molar-refractivity contribution in [3.63, 3.8) is 0 Å². The van der Waals surface area contributed by atoms with Gasteiger partial charge in [0.2, 0.25) is 6.79 Å². The minimum absolute atomic E-state index is 0.00637. The van der Waals surface area contributed by atoms with E-state index in [1.54, 1.807) is 37.3 Å². The van der Waals surface area contributed by atoms with Gasteiger partial charge in [-0.3, -0.25) is 14.9 Å². The van der Waals surface area contributed by atoms with Crippen molar-refractivity contribution in [2.24, 2.45) is 0 Å². The second kappa shape index (κ2) is 8.59. The number of nitro groups is 1. The molecule has 2 aromatic rings. The van der Waals surface area contributed by atoms with E-state index in [0.717, 1.165) is 0 Å². The Morgan fingerprint density at radius 2 is 1.72 bits per heavy atom. The summed E-state index contributed by atoms with van der Waals surface area (Å²) in [5, 5.41) is 11.4. The second-order valence-electron chi connectivity index (χ2n) is 6.19. The van der Waals surface area contributed by atoms with Crippen molar-refractivity contribution in [2.75, 3.05) is 20.5 Å². The highest BCUT2D eigenvalue weighted by Gasteiger charge is 2.44. The van der Waals surface area contributed by atoms with Crippen LogP contribution in [0.1, 0.15) is 29.9 Å². The van der Waals surface area contributed by atoms with Crippen LogP contribution in [0.25, 0.3) is 0 Å². The third kappa shape index (κ3) is 4.13. The van der Waals surface area contributed by atoms with Crippen molar-refractivity contribution in [2.45, 2.75) is 18.8 Å². The molecule has 1 heterocycles. The molecule has 2 aromatic carbocycles. The predicted octanol–water partition coefficient (Wildman–Crippen LogP) is 2.66. The largest absolute Gasteiger partial charge is 0.497 e. The molecule has 2 atom stereocenters. The van der Waals surface area contributed by atoms with Crippen LogP contribution in [0, 0.1) is 10.1 Å².